The number of pyridine rings is 1. The summed E-state index contributed by atoms with van der Waals surface area (Å²) in [5.74, 6) is -0.309. The molecular weight excluding hydrogens is 228 g/mol. The zero-order valence-corrected chi connectivity index (χ0v) is 10.6. The molecule has 0 spiro atoms. The molecule has 0 aliphatic heterocycles. The van der Waals surface area contributed by atoms with Gasteiger partial charge in [0.2, 0.25) is 5.91 Å². The Morgan fingerprint density at radius 2 is 2.17 bits per heavy atom. The van der Waals surface area contributed by atoms with Gasteiger partial charge in [0.1, 0.15) is 5.78 Å². The minimum absolute atomic E-state index is 0.0168. The molecule has 1 aromatic rings. The second-order valence-electron chi connectivity index (χ2n) is 4.62. The van der Waals surface area contributed by atoms with Crippen LogP contribution in [0.2, 0.25) is 0 Å². The fourth-order valence-corrected chi connectivity index (χ4v) is 2.35. The van der Waals surface area contributed by atoms with Gasteiger partial charge in [0, 0.05) is 31.9 Å². The van der Waals surface area contributed by atoms with Gasteiger partial charge >= 0.3 is 0 Å². The van der Waals surface area contributed by atoms with Crippen LogP contribution in [0.15, 0.2) is 24.5 Å². The molecule has 1 unspecified atom stereocenters. The Kier molecular flexibility index (Phi) is 4.07. The Morgan fingerprint density at radius 3 is 2.72 bits per heavy atom. The molecule has 18 heavy (non-hydrogen) atoms. The molecule has 1 heterocycles. The van der Waals surface area contributed by atoms with E-state index in [1.165, 1.54) is 0 Å². The summed E-state index contributed by atoms with van der Waals surface area (Å²) in [5.41, 5.74) is 1.05. The maximum Gasteiger partial charge on any atom is 0.233 e. The molecule has 1 amide bonds. The summed E-state index contributed by atoms with van der Waals surface area (Å²) in [6, 6.07) is 3.79. The second-order valence-corrected chi connectivity index (χ2v) is 4.62. The lowest BCUT2D eigenvalue weighted by atomic mass is 10.1. The van der Waals surface area contributed by atoms with Gasteiger partial charge in [-0.05, 0) is 37.5 Å². The van der Waals surface area contributed by atoms with E-state index in [0.29, 0.717) is 25.9 Å². The number of amides is 1. The third kappa shape index (κ3) is 2.75. The Bertz CT molecular complexity index is 431. The molecule has 0 bridgehead atoms. The van der Waals surface area contributed by atoms with Gasteiger partial charge in [-0.15, -0.1) is 0 Å². The fourth-order valence-electron chi connectivity index (χ4n) is 2.35. The molecule has 1 saturated carbocycles. The first-order valence-corrected chi connectivity index (χ1v) is 6.42. The zero-order chi connectivity index (χ0) is 13.0. The van der Waals surface area contributed by atoms with Gasteiger partial charge in [-0.3, -0.25) is 14.6 Å². The monoisotopic (exact) mass is 246 g/mol. The lowest BCUT2D eigenvalue weighted by molar-refractivity contribution is -0.140. The molecular formula is C14H18N2O2. The van der Waals surface area contributed by atoms with Crippen molar-refractivity contribution in [2.75, 3.05) is 6.54 Å². The number of Topliss-reactive ketones (excluding diaryl/α,β-unsaturated/α-hetero) is 1. The molecule has 4 nitrogen and oxygen atoms in total. The lowest BCUT2D eigenvalue weighted by Crippen LogP contribution is -2.37. The molecule has 1 aromatic heterocycles. The molecule has 4 heteroatoms. The van der Waals surface area contributed by atoms with Crippen LogP contribution in [0.1, 0.15) is 31.7 Å². The molecule has 0 N–H and O–H groups in total. The first-order chi connectivity index (χ1) is 8.72. The summed E-state index contributed by atoms with van der Waals surface area (Å²) in [6.07, 6.45) is 5.55. The number of ketones is 1. The molecule has 1 atom stereocenters. The normalized spacial score (nSPS) is 18.9. The average Bonchev–Trinajstić information content (AvgIpc) is 2.82. The van der Waals surface area contributed by atoms with Gasteiger partial charge in [-0.2, -0.15) is 0 Å². The molecule has 0 saturated heterocycles. The highest BCUT2D eigenvalue weighted by atomic mass is 16.2. The number of nitrogens with zero attached hydrogens (tertiary/aromatic N) is 2. The number of hydrogen-bond donors (Lipinski definition) is 0. The van der Waals surface area contributed by atoms with Crippen LogP contribution in [0.3, 0.4) is 0 Å². The molecule has 1 aliphatic rings. The third-order valence-electron chi connectivity index (χ3n) is 3.42. The van der Waals surface area contributed by atoms with Gasteiger partial charge in [0.05, 0.1) is 5.92 Å². The van der Waals surface area contributed by atoms with Gasteiger partial charge in [0.25, 0.3) is 0 Å². The molecule has 0 aromatic carbocycles. The van der Waals surface area contributed by atoms with Crippen LogP contribution in [-0.2, 0) is 16.1 Å². The summed E-state index contributed by atoms with van der Waals surface area (Å²) < 4.78 is 0. The van der Waals surface area contributed by atoms with Crippen molar-refractivity contribution >= 4 is 11.7 Å². The van der Waals surface area contributed by atoms with Gasteiger partial charge in [-0.1, -0.05) is 0 Å². The van der Waals surface area contributed by atoms with Crippen LogP contribution < -0.4 is 0 Å². The highest BCUT2D eigenvalue weighted by Gasteiger charge is 2.33. The van der Waals surface area contributed by atoms with Gasteiger partial charge in [0.15, 0.2) is 0 Å². The van der Waals surface area contributed by atoms with E-state index in [1.807, 2.05) is 19.1 Å². The van der Waals surface area contributed by atoms with E-state index in [0.717, 1.165) is 12.0 Å². The van der Waals surface area contributed by atoms with Crippen molar-refractivity contribution in [3.8, 4) is 0 Å². The number of aromatic nitrogens is 1. The maximum atomic E-state index is 12.3. The molecule has 2 rings (SSSR count). The largest absolute Gasteiger partial charge is 0.338 e. The minimum Gasteiger partial charge on any atom is -0.338 e. The van der Waals surface area contributed by atoms with Crippen LogP contribution in [0.25, 0.3) is 0 Å². The zero-order valence-electron chi connectivity index (χ0n) is 10.6. The van der Waals surface area contributed by atoms with E-state index in [2.05, 4.69) is 4.98 Å². The number of carbonyl (C=O) groups is 2. The van der Waals surface area contributed by atoms with Crippen molar-refractivity contribution in [3.05, 3.63) is 30.1 Å². The van der Waals surface area contributed by atoms with Crippen LogP contribution in [0.4, 0.5) is 0 Å². The fraction of sp³-hybridized carbons (Fsp3) is 0.500. The quantitative estimate of drug-likeness (QED) is 0.761. The molecule has 1 fully saturated rings. The molecule has 0 radical (unpaired) electrons. The summed E-state index contributed by atoms with van der Waals surface area (Å²) >= 11 is 0. The third-order valence-corrected chi connectivity index (χ3v) is 3.42. The highest BCUT2D eigenvalue weighted by molar-refractivity contribution is 6.02. The smallest absolute Gasteiger partial charge is 0.233 e. The van der Waals surface area contributed by atoms with Gasteiger partial charge in [-0.25, -0.2) is 0 Å². The predicted molar refractivity (Wildman–Crippen MR) is 67.7 cm³/mol. The van der Waals surface area contributed by atoms with Crippen molar-refractivity contribution < 1.29 is 9.59 Å². The van der Waals surface area contributed by atoms with Crippen molar-refractivity contribution in [2.24, 2.45) is 5.92 Å². The van der Waals surface area contributed by atoms with E-state index in [9.17, 15) is 9.59 Å². The van der Waals surface area contributed by atoms with E-state index in [-0.39, 0.29) is 11.7 Å². The minimum atomic E-state index is -0.396. The van der Waals surface area contributed by atoms with Crippen molar-refractivity contribution in [2.45, 2.75) is 32.7 Å². The Balaban J connectivity index is 2.04. The topological polar surface area (TPSA) is 50.3 Å². The number of rotatable bonds is 4. The van der Waals surface area contributed by atoms with E-state index in [4.69, 9.17) is 0 Å². The Labute approximate surface area is 107 Å². The van der Waals surface area contributed by atoms with Crippen LogP contribution in [0.5, 0.6) is 0 Å². The second kappa shape index (κ2) is 5.76. The van der Waals surface area contributed by atoms with Crippen LogP contribution in [0, 0.1) is 5.92 Å². The number of carbonyl (C=O) groups excluding carboxylic acids is 2. The maximum absolute atomic E-state index is 12.3. The van der Waals surface area contributed by atoms with E-state index >= 15 is 0 Å². The Hall–Kier alpha value is -1.71. The van der Waals surface area contributed by atoms with Crippen LogP contribution >= 0.6 is 0 Å². The standard InChI is InChI=1S/C14H18N2O2/c1-2-16(10-11-6-8-15-9-7-11)14(18)12-4-3-5-13(12)17/h6-9,12H,2-5,10H2,1H3. The first-order valence-electron chi connectivity index (χ1n) is 6.42. The van der Waals surface area contributed by atoms with E-state index in [1.54, 1.807) is 17.3 Å². The van der Waals surface area contributed by atoms with Crippen molar-refractivity contribution in [3.63, 3.8) is 0 Å². The molecule has 96 valence electrons. The first kappa shape index (κ1) is 12.7. The lowest BCUT2D eigenvalue weighted by Gasteiger charge is -2.23. The van der Waals surface area contributed by atoms with Crippen LogP contribution in [-0.4, -0.2) is 28.1 Å². The SMILES string of the molecule is CCN(Cc1ccncc1)C(=O)C1CCCC1=O. The summed E-state index contributed by atoms with van der Waals surface area (Å²) in [7, 11) is 0. The predicted octanol–water partition coefficient (Wildman–Crippen LogP) is 1.80. The average molecular weight is 246 g/mol. The summed E-state index contributed by atoms with van der Waals surface area (Å²) in [5, 5.41) is 0. The van der Waals surface area contributed by atoms with E-state index < -0.39 is 5.92 Å². The summed E-state index contributed by atoms with van der Waals surface area (Å²) in [6.45, 7) is 3.13. The number of hydrogen-bond acceptors (Lipinski definition) is 3. The highest BCUT2D eigenvalue weighted by Crippen LogP contribution is 2.24. The van der Waals surface area contributed by atoms with Crippen molar-refractivity contribution in [1.29, 1.82) is 0 Å². The van der Waals surface area contributed by atoms with Crippen molar-refractivity contribution in [1.82, 2.24) is 9.88 Å². The Morgan fingerprint density at radius 1 is 1.44 bits per heavy atom. The van der Waals surface area contributed by atoms with Gasteiger partial charge < -0.3 is 4.90 Å². The summed E-state index contributed by atoms with van der Waals surface area (Å²) in [4.78, 5) is 29.6. The molecule has 1 aliphatic carbocycles.